The highest BCUT2D eigenvalue weighted by Crippen LogP contribution is 2.12. The second-order valence-electron chi connectivity index (χ2n) is 2.87. The molecule has 4 heteroatoms. The lowest BCUT2D eigenvalue weighted by molar-refractivity contribution is 0.483. The van der Waals surface area contributed by atoms with Gasteiger partial charge in [0.1, 0.15) is 0 Å². The van der Waals surface area contributed by atoms with Crippen molar-refractivity contribution < 1.29 is 13.0 Å². The SMILES string of the molecule is CCCc1cccc(S(=O)(=O)O)c1. The molecular formula is C9H12O3S. The maximum Gasteiger partial charge on any atom is 0.294 e. The number of rotatable bonds is 3. The van der Waals surface area contributed by atoms with Gasteiger partial charge in [-0.25, -0.2) is 0 Å². The molecule has 0 heterocycles. The molecular weight excluding hydrogens is 188 g/mol. The van der Waals surface area contributed by atoms with E-state index in [0.717, 1.165) is 18.4 Å². The molecule has 0 fully saturated rings. The van der Waals surface area contributed by atoms with E-state index in [4.69, 9.17) is 4.55 Å². The van der Waals surface area contributed by atoms with Crippen LogP contribution in [0, 0.1) is 0 Å². The third-order valence-electron chi connectivity index (χ3n) is 1.73. The van der Waals surface area contributed by atoms with Crippen molar-refractivity contribution >= 4 is 10.1 Å². The van der Waals surface area contributed by atoms with Crippen LogP contribution in [-0.2, 0) is 16.5 Å². The maximum atomic E-state index is 10.7. The molecule has 1 N–H and O–H groups in total. The van der Waals surface area contributed by atoms with Crippen LogP contribution >= 0.6 is 0 Å². The van der Waals surface area contributed by atoms with Crippen LogP contribution in [0.25, 0.3) is 0 Å². The fourth-order valence-electron chi connectivity index (χ4n) is 1.15. The van der Waals surface area contributed by atoms with Gasteiger partial charge in [-0.15, -0.1) is 0 Å². The Kier molecular flexibility index (Phi) is 3.06. The van der Waals surface area contributed by atoms with Gasteiger partial charge < -0.3 is 0 Å². The second-order valence-corrected chi connectivity index (χ2v) is 4.29. The molecule has 0 aliphatic heterocycles. The van der Waals surface area contributed by atoms with E-state index in [2.05, 4.69) is 0 Å². The van der Waals surface area contributed by atoms with E-state index < -0.39 is 10.1 Å². The summed E-state index contributed by atoms with van der Waals surface area (Å²) in [5, 5.41) is 0. The molecule has 0 amide bonds. The molecule has 0 bridgehead atoms. The van der Waals surface area contributed by atoms with E-state index in [-0.39, 0.29) is 4.90 Å². The molecule has 3 nitrogen and oxygen atoms in total. The van der Waals surface area contributed by atoms with Crippen molar-refractivity contribution in [3.63, 3.8) is 0 Å². The Morgan fingerprint density at radius 2 is 2.08 bits per heavy atom. The summed E-state index contributed by atoms with van der Waals surface area (Å²) in [6, 6.07) is 6.36. The van der Waals surface area contributed by atoms with E-state index >= 15 is 0 Å². The van der Waals surface area contributed by atoms with Gasteiger partial charge in [0.25, 0.3) is 10.1 Å². The average molecular weight is 200 g/mol. The van der Waals surface area contributed by atoms with E-state index in [1.165, 1.54) is 12.1 Å². The highest BCUT2D eigenvalue weighted by atomic mass is 32.2. The fraction of sp³-hybridized carbons (Fsp3) is 0.333. The molecule has 0 unspecified atom stereocenters. The average Bonchev–Trinajstić information content (AvgIpc) is 2.04. The largest absolute Gasteiger partial charge is 0.294 e. The van der Waals surface area contributed by atoms with E-state index in [0.29, 0.717) is 0 Å². The molecule has 1 aromatic carbocycles. The van der Waals surface area contributed by atoms with Gasteiger partial charge in [-0.05, 0) is 24.1 Å². The van der Waals surface area contributed by atoms with Gasteiger partial charge >= 0.3 is 0 Å². The van der Waals surface area contributed by atoms with Crippen molar-refractivity contribution in [3.8, 4) is 0 Å². The molecule has 0 aliphatic rings. The summed E-state index contributed by atoms with van der Waals surface area (Å²) < 4.78 is 30.2. The van der Waals surface area contributed by atoms with Crippen molar-refractivity contribution in [2.75, 3.05) is 0 Å². The van der Waals surface area contributed by atoms with Crippen LogP contribution < -0.4 is 0 Å². The Labute approximate surface area is 78.2 Å². The molecule has 13 heavy (non-hydrogen) atoms. The van der Waals surface area contributed by atoms with Crippen LogP contribution in [0.3, 0.4) is 0 Å². The number of hydrogen-bond donors (Lipinski definition) is 1. The minimum absolute atomic E-state index is 0.0292. The fourth-order valence-corrected chi connectivity index (χ4v) is 1.70. The minimum atomic E-state index is -4.04. The first kappa shape index (κ1) is 10.2. The van der Waals surface area contributed by atoms with Gasteiger partial charge in [-0.2, -0.15) is 8.42 Å². The monoisotopic (exact) mass is 200 g/mol. The summed E-state index contributed by atoms with van der Waals surface area (Å²) in [6.07, 6.45) is 1.78. The highest BCUT2D eigenvalue weighted by Gasteiger charge is 2.08. The van der Waals surface area contributed by atoms with E-state index in [1.807, 2.05) is 13.0 Å². The summed E-state index contributed by atoms with van der Waals surface area (Å²) in [5.41, 5.74) is 0.928. The van der Waals surface area contributed by atoms with Crippen LogP contribution in [0.1, 0.15) is 18.9 Å². The molecule has 0 aliphatic carbocycles. The maximum absolute atomic E-state index is 10.7. The van der Waals surface area contributed by atoms with Crippen molar-refractivity contribution in [2.45, 2.75) is 24.7 Å². The first-order valence-corrected chi connectivity index (χ1v) is 5.54. The topological polar surface area (TPSA) is 54.4 Å². The number of aryl methyl sites for hydroxylation is 1. The lowest BCUT2D eigenvalue weighted by Crippen LogP contribution is -1.98. The van der Waals surface area contributed by atoms with Gasteiger partial charge in [-0.3, -0.25) is 4.55 Å². The Morgan fingerprint density at radius 3 is 2.62 bits per heavy atom. The van der Waals surface area contributed by atoms with Gasteiger partial charge in [0.2, 0.25) is 0 Å². The van der Waals surface area contributed by atoms with Gasteiger partial charge in [0.15, 0.2) is 0 Å². The summed E-state index contributed by atoms with van der Waals surface area (Å²) in [5.74, 6) is 0. The predicted molar refractivity (Wildman–Crippen MR) is 50.3 cm³/mol. The Balaban J connectivity index is 3.06. The molecule has 72 valence electrons. The Hall–Kier alpha value is -0.870. The first-order chi connectivity index (χ1) is 6.04. The molecule has 1 aromatic rings. The Morgan fingerprint density at radius 1 is 1.38 bits per heavy atom. The molecule has 0 saturated carbocycles. The highest BCUT2D eigenvalue weighted by molar-refractivity contribution is 7.85. The molecule has 0 saturated heterocycles. The standard InChI is InChI=1S/C9H12O3S/c1-2-4-8-5-3-6-9(7-8)13(10,11)12/h3,5-7H,2,4H2,1H3,(H,10,11,12). The molecule has 0 atom stereocenters. The van der Waals surface area contributed by atoms with Crippen molar-refractivity contribution in [1.82, 2.24) is 0 Å². The Bertz CT molecular complexity index is 382. The van der Waals surface area contributed by atoms with Crippen molar-refractivity contribution in [2.24, 2.45) is 0 Å². The predicted octanol–water partition coefficient (Wildman–Crippen LogP) is 1.89. The van der Waals surface area contributed by atoms with Crippen LogP contribution in [0.4, 0.5) is 0 Å². The van der Waals surface area contributed by atoms with Crippen molar-refractivity contribution in [1.29, 1.82) is 0 Å². The summed E-state index contributed by atoms with van der Waals surface area (Å²) >= 11 is 0. The quantitative estimate of drug-likeness (QED) is 0.758. The number of benzene rings is 1. The summed E-state index contributed by atoms with van der Waals surface area (Å²) in [7, 11) is -4.04. The van der Waals surface area contributed by atoms with Crippen LogP contribution in [-0.4, -0.2) is 13.0 Å². The third-order valence-corrected chi connectivity index (χ3v) is 2.58. The lowest BCUT2D eigenvalue weighted by atomic mass is 10.1. The number of hydrogen-bond acceptors (Lipinski definition) is 2. The van der Waals surface area contributed by atoms with Gasteiger partial charge in [-0.1, -0.05) is 25.5 Å². The van der Waals surface area contributed by atoms with E-state index in [9.17, 15) is 8.42 Å². The van der Waals surface area contributed by atoms with Crippen LogP contribution in [0.15, 0.2) is 29.2 Å². The van der Waals surface area contributed by atoms with Gasteiger partial charge in [0.05, 0.1) is 4.90 Å². The van der Waals surface area contributed by atoms with Crippen molar-refractivity contribution in [3.05, 3.63) is 29.8 Å². The first-order valence-electron chi connectivity index (χ1n) is 4.10. The zero-order valence-corrected chi connectivity index (χ0v) is 8.21. The zero-order valence-electron chi connectivity index (χ0n) is 7.40. The molecule has 0 aromatic heterocycles. The minimum Gasteiger partial charge on any atom is -0.282 e. The molecule has 0 radical (unpaired) electrons. The molecule has 1 rings (SSSR count). The smallest absolute Gasteiger partial charge is 0.282 e. The zero-order chi connectivity index (χ0) is 9.90. The molecule has 0 spiro atoms. The normalized spacial score (nSPS) is 11.5. The summed E-state index contributed by atoms with van der Waals surface area (Å²) in [4.78, 5) is -0.0292. The van der Waals surface area contributed by atoms with Gasteiger partial charge in [0, 0.05) is 0 Å². The lowest BCUT2D eigenvalue weighted by Gasteiger charge is -2.00. The summed E-state index contributed by atoms with van der Waals surface area (Å²) in [6.45, 7) is 2.01. The van der Waals surface area contributed by atoms with Crippen LogP contribution in [0.2, 0.25) is 0 Å². The third kappa shape index (κ3) is 2.82. The second kappa shape index (κ2) is 3.89. The van der Waals surface area contributed by atoms with Crippen LogP contribution in [0.5, 0.6) is 0 Å². The van der Waals surface area contributed by atoms with E-state index in [1.54, 1.807) is 6.07 Å².